The number of rotatable bonds is 2. The van der Waals surface area contributed by atoms with Crippen LogP contribution in [0.2, 0.25) is 0 Å². The molecule has 0 amide bonds. The molecule has 0 unspecified atom stereocenters. The second kappa shape index (κ2) is 3.30. The van der Waals surface area contributed by atoms with Crippen molar-refractivity contribution >= 4 is 5.82 Å². The topological polar surface area (TPSA) is 41.1 Å². The van der Waals surface area contributed by atoms with Crippen LogP contribution in [0.15, 0.2) is 12.3 Å². The average molecular weight is 178 g/mol. The number of nitrogens with one attached hydrogen (secondary N) is 1. The fourth-order valence-corrected chi connectivity index (χ4v) is 1.36. The summed E-state index contributed by atoms with van der Waals surface area (Å²) < 4.78 is 0. The van der Waals surface area contributed by atoms with Gasteiger partial charge in [0.05, 0.1) is 12.2 Å². The summed E-state index contributed by atoms with van der Waals surface area (Å²) in [5, 5.41) is 11.3. The Hall–Kier alpha value is -1.16. The van der Waals surface area contributed by atoms with E-state index in [2.05, 4.69) is 33.5 Å². The second-order valence-electron chi connectivity index (χ2n) is 3.51. The summed E-state index contributed by atoms with van der Waals surface area (Å²) in [4.78, 5) is 2.18. The van der Waals surface area contributed by atoms with Gasteiger partial charge in [0.2, 0.25) is 0 Å². The summed E-state index contributed by atoms with van der Waals surface area (Å²) >= 11 is 0. The van der Waals surface area contributed by atoms with E-state index in [0.717, 1.165) is 24.5 Å². The van der Waals surface area contributed by atoms with E-state index in [1.807, 2.05) is 6.92 Å². The Balaban J connectivity index is 2.14. The van der Waals surface area contributed by atoms with Crippen LogP contribution in [-0.4, -0.2) is 36.4 Å². The van der Waals surface area contributed by atoms with Crippen molar-refractivity contribution in [3.63, 3.8) is 0 Å². The maximum atomic E-state index is 4.09. The Morgan fingerprint density at radius 2 is 2.31 bits per heavy atom. The lowest BCUT2D eigenvalue weighted by Gasteiger charge is -2.36. The van der Waals surface area contributed by atoms with Crippen LogP contribution in [0.3, 0.4) is 0 Å². The predicted molar refractivity (Wildman–Crippen MR) is 51.8 cm³/mol. The van der Waals surface area contributed by atoms with Gasteiger partial charge in [0.25, 0.3) is 0 Å². The average Bonchev–Trinajstić information content (AvgIpc) is 2.01. The highest BCUT2D eigenvalue weighted by molar-refractivity contribution is 5.40. The predicted octanol–water partition coefficient (Wildman–Crippen LogP) is 0.193. The lowest BCUT2D eigenvalue weighted by atomic mass is 10.1. The first-order chi connectivity index (χ1) is 6.27. The minimum absolute atomic E-state index is 0.580. The van der Waals surface area contributed by atoms with Crippen molar-refractivity contribution in [3.05, 3.63) is 17.8 Å². The molecule has 1 N–H and O–H groups in total. The molecule has 1 saturated heterocycles. The van der Waals surface area contributed by atoms with Crippen molar-refractivity contribution in [2.24, 2.45) is 0 Å². The summed E-state index contributed by atoms with van der Waals surface area (Å²) in [5.74, 6) is 0.964. The molecule has 0 atom stereocenters. The van der Waals surface area contributed by atoms with Crippen molar-refractivity contribution in [2.45, 2.75) is 13.0 Å². The molecular weight excluding hydrogens is 164 g/mol. The van der Waals surface area contributed by atoms with E-state index < -0.39 is 0 Å². The molecule has 2 rings (SSSR count). The van der Waals surface area contributed by atoms with E-state index in [9.17, 15) is 0 Å². The van der Waals surface area contributed by atoms with Gasteiger partial charge in [-0.25, -0.2) is 0 Å². The van der Waals surface area contributed by atoms with E-state index in [1.165, 1.54) is 0 Å². The molecule has 4 nitrogen and oxygen atoms in total. The van der Waals surface area contributed by atoms with Crippen molar-refractivity contribution in [2.75, 3.05) is 25.0 Å². The van der Waals surface area contributed by atoms with Gasteiger partial charge in [-0.05, 0) is 18.6 Å². The van der Waals surface area contributed by atoms with Gasteiger partial charge in [0.15, 0.2) is 5.82 Å². The van der Waals surface area contributed by atoms with Crippen LogP contribution in [-0.2, 0) is 0 Å². The van der Waals surface area contributed by atoms with Gasteiger partial charge < -0.3 is 10.2 Å². The molecule has 0 bridgehead atoms. The van der Waals surface area contributed by atoms with Crippen LogP contribution in [0.25, 0.3) is 0 Å². The number of hydrogen-bond donors (Lipinski definition) is 1. The highest BCUT2D eigenvalue weighted by atomic mass is 15.3. The number of aryl methyl sites for hydroxylation is 1. The van der Waals surface area contributed by atoms with Crippen LogP contribution in [0.4, 0.5) is 5.82 Å². The van der Waals surface area contributed by atoms with Crippen LogP contribution in [0.5, 0.6) is 0 Å². The Bertz CT molecular complexity index is 295. The third-order valence-corrected chi connectivity index (χ3v) is 2.45. The van der Waals surface area contributed by atoms with Crippen LogP contribution in [0.1, 0.15) is 5.56 Å². The first-order valence-electron chi connectivity index (χ1n) is 4.50. The molecule has 0 aliphatic carbocycles. The number of likely N-dealkylation sites (N-methyl/N-ethyl adjacent to an activating group) is 1. The van der Waals surface area contributed by atoms with Crippen LogP contribution >= 0.6 is 0 Å². The van der Waals surface area contributed by atoms with Crippen molar-refractivity contribution in [1.29, 1.82) is 0 Å². The molecule has 1 aromatic rings. The fourth-order valence-electron chi connectivity index (χ4n) is 1.36. The lowest BCUT2D eigenvalue weighted by Crippen LogP contribution is -2.56. The van der Waals surface area contributed by atoms with Crippen LogP contribution in [0, 0.1) is 6.92 Å². The highest BCUT2D eigenvalue weighted by Gasteiger charge is 2.22. The number of aromatic nitrogens is 2. The molecular formula is C9H14N4. The Morgan fingerprint density at radius 3 is 2.85 bits per heavy atom. The zero-order chi connectivity index (χ0) is 9.26. The molecule has 0 spiro atoms. The molecule has 0 radical (unpaired) electrons. The van der Waals surface area contributed by atoms with Gasteiger partial charge in [-0.2, -0.15) is 5.10 Å². The molecule has 1 aromatic heterocycles. The smallest absolute Gasteiger partial charge is 0.151 e. The van der Waals surface area contributed by atoms with E-state index in [1.54, 1.807) is 6.20 Å². The minimum Gasteiger partial charge on any atom is -0.353 e. The summed E-state index contributed by atoms with van der Waals surface area (Å²) in [7, 11) is 2.06. The van der Waals surface area contributed by atoms with Crippen molar-refractivity contribution < 1.29 is 0 Å². The molecule has 1 aliphatic heterocycles. The van der Waals surface area contributed by atoms with E-state index in [-0.39, 0.29) is 0 Å². The zero-order valence-corrected chi connectivity index (χ0v) is 7.99. The molecule has 2 heterocycles. The van der Waals surface area contributed by atoms with E-state index in [0.29, 0.717) is 6.04 Å². The van der Waals surface area contributed by atoms with E-state index in [4.69, 9.17) is 0 Å². The first kappa shape index (κ1) is 8.44. The summed E-state index contributed by atoms with van der Waals surface area (Å²) in [6.07, 6.45) is 1.77. The molecule has 13 heavy (non-hydrogen) atoms. The molecule has 4 heteroatoms. The van der Waals surface area contributed by atoms with Crippen molar-refractivity contribution in [1.82, 2.24) is 15.5 Å². The standard InChI is InChI=1S/C9H14N4/c1-7-3-9(12-11-4-7)13(2)8-5-10-6-8/h3-4,8,10H,5-6H2,1-2H3. The molecule has 1 aliphatic rings. The quantitative estimate of drug-likeness (QED) is 0.702. The third kappa shape index (κ3) is 1.62. The molecule has 70 valence electrons. The van der Waals surface area contributed by atoms with E-state index >= 15 is 0 Å². The summed E-state index contributed by atoms with van der Waals surface area (Å²) in [6, 6.07) is 2.64. The molecule has 0 aromatic carbocycles. The third-order valence-electron chi connectivity index (χ3n) is 2.45. The summed E-state index contributed by atoms with van der Waals surface area (Å²) in [6.45, 7) is 4.13. The number of hydrogen-bond acceptors (Lipinski definition) is 4. The largest absolute Gasteiger partial charge is 0.353 e. The maximum Gasteiger partial charge on any atom is 0.151 e. The van der Waals surface area contributed by atoms with Crippen LogP contribution < -0.4 is 10.2 Å². The SMILES string of the molecule is Cc1cnnc(N(C)C2CNC2)c1. The first-order valence-corrected chi connectivity index (χ1v) is 4.50. The monoisotopic (exact) mass is 178 g/mol. The minimum atomic E-state index is 0.580. The maximum absolute atomic E-state index is 4.09. The number of anilines is 1. The van der Waals surface area contributed by atoms with Gasteiger partial charge in [-0.15, -0.1) is 5.10 Å². The fraction of sp³-hybridized carbons (Fsp3) is 0.556. The molecule has 1 fully saturated rings. The molecule has 0 saturated carbocycles. The van der Waals surface area contributed by atoms with Gasteiger partial charge in [-0.1, -0.05) is 0 Å². The van der Waals surface area contributed by atoms with Gasteiger partial charge >= 0.3 is 0 Å². The summed E-state index contributed by atoms with van der Waals surface area (Å²) in [5.41, 5.74) is 1.16. The normalized spacial score (nSPS) is 16.8. The van der Waals surface area contributed by atoms with Gasteiger partial charge in [-0.3, -0.25) is 0 Å². The van der Waals surface area contributed by atoms with Crippen molar-refractivity contribution in [3.8, 4) is 0 Å². The van der Waals surface area contributed by atoms with Gasteiger partial charge in [0, 0.05) is 20.1 Å². The lowest BCUT2D eigenvalue weighted by molar-refractivity contribution is 0.426. The zero-order valence-electron chi connectivity index (χ0n) is 7.99. The second-order valence-corrected chi connectivity index (χ2v) is 3.51. The number of nitrogens with zero attached hydrogens (tertiary/aromatic N) is 3. The van der Waals surface area contributed by atoms with Gasteiger partial charge in [0.1, 0.15) is 0 Å². The Labute approximate surface area is 78.0 Å². The highest BCUT2D eigenvalue weighted by Crippen LogP contribution is 2.13. The Morgan fingerprint density at radius 1 is 1.54 bits per heavy atom. The Kier molecular flexibility index (Phi) is 2.14.